The van der Waals surface area contributed by atoms with Gasteiger partial charge in [-0.3, -0.25) is 4.79 Å². The molecule has 0 aliphatic rings. The molecule has 2 N–H and O–H groups in total. The van der Waals surface area contributed by atoms with Gasteiger partial charge in [0.15, 0.2) is 0 Å². The van der Waals surface area contributed by atoms with E-state index in [1.807, 2.05) is 39.0 Å². The van der Waals surface area contributed by atoms with Crippen molar-refractivity contribution in [2.24, 2.45) is 0 Å². The standard InChI is InChI=1S/C12H17BrN2O/c1-8(2)14-7-11(16)15-10-6-4-5-9(3)12(10)13/h4-6,8,14H,7H2,1-3H3,(H,15,16). The summed E-state index contributed by atoms with van der Waals surface area (Å²) in [5.74, 6) is -0.0278. The summed E-state index contributed by atoms with van der Waals surface area (Å²) in [6, 6.07) is 6.11. The minimum Gasteiger partial charge on any atom is -0.324 e. The third-order valence-corrected chi connectivity index (χ3v) is 3.19. The average Bonchev–Trinajstić information content (AvgIpc) is 2.22. The molecule has 0 aliphatic heterocycles. The van der Waals surface area contributed by atoms with Crippen molar-refractivity contribution in [1.82, 2.24) is 5.32 Å². The monoisotopic (exact) mass is 284 g/mol. The van der Waals surface area contributed by atoms with E-state index in [0.717, 1.165) is 15.7 Å². The smallest absolute Gasteiger partial charge is 0.238 e. The molecule has 0 radical (unpaired) electrons. The van der Waals surface area contributed by atoms with Gasteiger partial charge in [0.05, 0.1) is 12.2 Å². The molecule has 0 aliphatic carbocycles. The van der Waals surface area contributed by atoms with Gasteiger partial charge in [0.2, 0.25) is 5.91 Å². The largest absolute Gasteiger partial charge is 0.324 e. The molecule has 0 spiro atoms. The van der Waals surface area contributed by atoms with Gasteiger partial charge >= 0.3 is 0 Å². The molecule has 0 saturated heterocycles. The zero-order chi connectivity index (χ0) is 12.1. The molecule has 1 aromatic carbocycles. The van der Waals surface area contributed by atoms with E-state index in [1.54, 1.807) is 0 Å². The molecule has 16 heavy (non-hydrogen) atoms. The highest BCUT2D eigenvalue weighted by atomic mass is 79.9. The highest BCUT2D eigenvalue weighted by molar-refractivity contribution is 9.10. The first-order valence-electron chi connectivity index (χ1n) is 5.29. The van der Waals surface area contributed by atoms with Gasteiger partial charge in [-0.15, -0.1) is 0 Å². The second-order valence-electron chi connectivity index (χ2n) is 4.02. The SMILES string of the molecule is Cc1cccc(NC(=O)CNC(C)C)c1Br. The Kier molecular flexibility index (Phi) is 4.96. The fourth-order valence-electron chi connectivity index (χ4n) is 1.24. The summed E-state index contributed by atoms with van der Waals surface area (Å²) in [7, 11) is 0. The van der Waals surface area contributed by atoms with Crippen molar-refractivity contribution in [3.8, 4) is 0 Å². The zero-order valence-electron chi connectivity index (χ0n) is 9.80. The first-order chi connectivity index (χ1) is 7.50. The number of halogens is 1. The normalized spacial score (nSPS) is 10.6. The van der Waals surface area contributed by atoms with Crippen LogP contribution in [0, 0.1) is 6.92 Å². The molecule has 4 heteroatoms. The molecule has 0 atom stereocenters. The first-order valence-corrected chi connectivity index (χ1v) is 6.08. The molecule has 0 fully saturated rings. The Bertz CT molecular complexity index is 377. The third-order valence-electron chi connectivity index (χ3n) is 2.14. The van der Waals surface area contributed by atoms with E-state index in [2.05, 4.69) is 26.6 Å². The molecular weight excluding hydrogens is 268 g/mol. The number of rotatable bonds is 4. The van der Waals surface area contributed by atoms with Crippen LogP contribution in [-0.2, 0) is 4.79 Å². The summed E-state index contributed by atoms with van der Waals surface area (Å²) in [5, 5.41) is 5.93. The Morgan fingerprint density at radius 2 is 2.12 bits per heavy atom. The van der Waals surface area contributed by atoms with E-state index in [-0.39, 0.29) is 5.91 Å². The molecule has 1 amide bonds. The lowest BCUT2D eigenvalue weighted by atomic mass is 10.2. The summed E-state index contributed by atoms with van der Waals surface area (Å²) in [6.07, 6.45) is 0. The van der Waals surface area contributed by atoms with Crippen LogP contribution >= 0.6 is 15.9 Å². The third kappa shape index (κ3) is 3.94. The molecule has 0 aromatic heterocycles. The first kappa shape index (κ1) is 13.2. The van der Waals surface area contributed by atoms with E-state index in [0.29, 0.717) is 12.6 Å². The van der Waals surface area contributed by atoms with E-state index in [1.165, 1.54) is 0 Å². The van der Waals surface area contributed by atoms with Crippen LogP contribution in [0.1, 0.15) is 19.4 Å². The van der Waals surface area contributed by atoms with Crippen molar-refractivity contribution in [2.45, 2.75) is 26.8 Å². The number of hydrogen-bond donors (Lipinski definition) is 2. The number of amides is 1. The van der Waals surface area contributed by atoms with Crippen molar-refractivity contribution in [3.63, 3.8) is 0 Å². The molecule has 1 aromatic rings. The van der Waals surface area contributed by atoms with Crippen molar-refractivity contribution >= 4 is 27.5 Å². The highest BCUT2D eigenvalue weighted by Gasteiger charge is 2.06. The van der Waals surface area contributed by atoms with Gasteiger partial charge in [-0.1, -0.05) is 26.0 Å². The Morgan fingerprint density at radius 1 is 1.44 bits per heavy atom. The van der Waals surface area contributed by atoms with Crippen molar-refractivity contribution in [3.05, 3.63) is 28.2 Å². The maximum Gasteiger partial charge on any atom is 0.238 e. The molecule has 0 saturated carbocycles. The Balaban J connectivity index is 2.59. The van der Waals surface area contributed by atoms with Gasteiger partial charge in [0.1, 0.15) is 0 Å². The number of hydrogen-bond acceptors (Lipinski definition) is 2. The lowest BCUT2D eigenvalue weighted by Crippen LogP contribution is -2.32. The Morgan fingerprint density at radius 3 is 2.75 bits per heavy atom. The van der Waals surface area contributed by atoms with Gasteiger partial charge in [0, 0.05) is 10.5 Å². The summed E-state index contributed by atoms with van der Waals surface area (Å²) in [5.41, 5.74) is 1.92. The second-order valence-corrected chi connectivity index (χ2v) is 4.81. The summed E-state index contributed by atoms with van der Waals surface area (Å²) >= 11 is 3.45. The fourth-order valence-corrected chi connectivity index (χ4v) is 1.60. The van der Waals surface area contributed by atoms with Gasteiger partial charge in [-0.05, 0) is 34.5 Å². The van der Waals surface area contributed by atoms with Crippen LogP contribution in [0.3, 0.4) is 0 Å². The summed E-state index contributed by atoms with van der Waals surface area (Å²) in [4.78, 5) is 11.6. The predicted octanol–water partition coefficient (Wildman–Crippen LogP) is 2.69. The number of carbonyl (C=O) groups excluding carboxylic acids is 1. The van der Waals surface area contributed by atoms with E-state index < -0.39 is 0 Å². The average molecular weight is 285 g/mol. The van der Waals surface area contributed by atoms with E-state index in [9.17, 15) is 4.79 Å². The number of anilines is 1. The topological polar surface area (TPSA) is 41.1 Å². The number of nitrogens with one attached hydrogen (secondary N) is 2. The van der Waals surface area contributed by atoms with E-state index in [4.69, 9.17) is 0 Å². The van der Waals surface area contributed by atoms with Crippen LogP contribution in [0.5, 0.6) is 0 Å². The van der Waals surface area contributed by atoms with Crippen LogP contribution in [0.25, 0.3) is 0 Å². The Labute approximate surface area is 105 Å². The van der Waals surface area contributed by atoms with Gasteiger partial charge in [-0.25, -0.2) is 0 Å². The van der Waals surface area contributed by atoms with Crippen LogP contribution in [0.15, 0.2) is 22.7 Å². The quantitative estimate of drug-likeness (QED) is 0.893. The number of benzene rings is 1. The van der Waals surface area contributed by atoms with Gasteiger partial charge in [-0.2, -0.15) is 0 Å². The highest BCUT2D eigenvalue weighted by Crippen LogP contribution is 2.25. The maximum absolute atomic E-state index is 11.6. The molecule has 3 nitrogen and oxygen atoms in total. The van der Waals surface area contributed by atoms with Gasteiger partial charge < -0.3 is 10.6 Å². The zero-order valence-corrected chi connectivity index (χ0v) is 11.4. The molecule has 0 bridgehead atoms. The van der Waals surface area contributed by atoms with E-state index >= 15 is 0 Å². The van der Waals surface area contributed by atoms with Crippen molar-refractivity contribution in [1.29, 1.82) is 0 Å². The minimum absolute atomic E-state index is 0.0278. The fraction of sp³-hybridized carbons (Fsp3) is 0.417. The second kappa shape index (κ2) is 6.01. The molecule has 0 unspecified atom stereocenters. The number of aryl methyl sites for hydroxylation is 1. The maximum atomic E-state index is 11.6. The molecule has 88 valence electrons. The summed E-state index contributed by atoms with van der Waals surface area (Å²) < 4.78 is 0.938. The number of carbonyl (C=O) groups is 1. The minimum atomic E-state index is -0.0278. The molecule has 1 rings (SSSR count). The molecule has 0 heterocycles. The van der Waals surface area contributed by atoms with Crippen molar-refractivity contribution in [2.75, 3.05) is 11.9 Å². The predicted molar refractivity (Wildman–Crippen MR) is 70.6 cm³/mol. The van der Waals surface area contributed by atoms with Crippen LogP contribution in [0.4, 0.5) is 5.69 Å². The van der Waals surface area contributed by atoms with Crippen LogP contribution < -0.4 is 10.6 Å². The van der Waals surface area contributed by atoms with Crippen molar-refractivity contribution < 1.29 is 4.79 Å². The van der Waals surface area contributed by atoms with Crippen LogP contribution in [0.2, 0.25) is 0 Å². The van der Waals surface area contributed by atoms with Gasteiger partial charge in [0.25, 0.3) is 0 Å². The van der Waals surface area contributed by atoms with Crippen LogP contribution in [-0.4, -0.2) is 18.5 Å². The summed E-state index contributed by atoms with van der Waals surface area (Å²) in [6.45, 7) is 6.34. The molecular formula is C12H17BrN2O. The Hall–Kier alpha value is -0.870. The lowest BCUT2D eigenvalue weighted by molar-refractivity contribution is -0.115. The lowest BCUT2D eigenvalue weighted by Gasteiger charge is -2.11.